The van der Waals surface area contributed by atoms with Crippen LogP contribution in [-0.2, 0) is 19.1 Å². The normalized spacial score (nSPS) is 12.7. The number of carbonyl (C=O) groups excluding carboxylic acids is 2. The lowest BCUT2D eigenvalue weighted by molar-refractivity contribution is -0.152. The summed E-state index contributed by atoms with van der Waals surface area (Å²) >= 11 is 0. The standard InChI is InChI=1S/C46H90O5/c1-5-43(4)37-33-29-25-21-17-13-10-11-15-19-23-27-31-35-39-46(49)51-41-44(47)40-50-45(48)38-34-30-26-22-18-14-9-7-6-8-12-16-20-24-28-32-36-42(2)3/h42-44,47H,5-41H2,1-4H3/t43?,44-/m0/s1. The largest absolute Gasteiger partial charge is 0.463 e. The number of esters is 2. The van der Waals surface area contributed by atoms with E-state index in [2.05, 4.69) is 27.7 Å². The Labute approximate surface area is 319 Å². The molecule has 1 N–H and O–H groups in total. The maximum Gasteiger partial charge on any atom is 0.305 e. The molecule has 5 nitrogen and oxygen atoms in total. The quantitative estimate of drug-likeness (QED) is 0.0502. The van der Waals surface area contributed by atoms with E-state index in [-0.39, 0.29) is 25.2 Å². The highest BCUT2D eigenvalue weighted by atomic mass is 16.6. The second kappa shape index (κ2) is 40.1. The van der Waals surface area contributed by atoms with Gasteiger partial charge in [-0.05, 0) is 24.7 Å². The molecule has 0 radical (unpaired) electrons. The fraction of sp³-hybridized carbons (Fsp3) is 0.957. The summed E-state index contributed by atoms with van der Waals surface area (Å²) < 4.78 is 10.4. The average molecular weight is 723 g/mol. The van der Waals surface area contributed by atoms with E-state index < -0.39 is 6.10 Å². The van der Waals surface area contributed by atoms with Gasteiger partial charge in [0.05, 0.1) is 0 Å². The number of hydrogen-bond acceptors (Lipinski definition) is 5. The van der Waals surface area contributed by atoms with Gasteiger partial charge in [0, 0.05) is 12.8 Å². The molecular formula is C46H90O5. The SMILES string of the molecule is CCC(C)CCCCCCCCCCCCCCCCC(=O)OC[C@@H](O)COC(=O)CCCCCCCCCCCCCCCCCCC(C)C. The van der Waals surface area contributed by atoms with Crippen LogP contribution in [0.5, 0.6) is 0 Å². The Morgan fingerprint density at radius 2 is 0.667 bits per heavy atom. The van der Waals surface area contributed by atoms with Crippen LogP contribution >= 0.6 is 0 Å². The van der Waals surface area contributed by atoms with Gasteiger partial charge in [0.15, 0.2) is 0 Å². The number of hydrogen-bond donors (Lipinski definition) is 1. The zero-order valence-corrected chi connectivity index (χ0v) is 35.0. The average Bonchev–Trinajstić information content (AvgIpc) is 3.12. The van der Waals surface area contributed by atoms with Crippen molar-refractivity contribution in [3.63, 3.8) is 0 Å². The first kappa shape index (κ1) is 49.9. The first-order valence-electron chi connectivity index (χ1n) is 22.8. The first-order valence-corrected chi connectivity index (χ1v) is 22.8. The van der Waals surface area contributed by atoms with Gasteiger partial charge in [-0.15, -0.1) is 0 Å². The molecule has 5 heteroatoms. The molecule has 0 spiro atoms. The molecule has 0 aromatic carbocycles. The van der Waals surface area contributed by atoms with Gasteiger partial charge in [-0.25, -0.2) is 0 Å². The lowest BCUT2D eigenvalue weighted by atomic mass is 9.99. The molecule has 0 bridgehead atoms. The van der Waals surface area contributed by atoms with Crippen LogP contribution < -0.4 is 0 Å². The van der Waals surface area contributed by atoms with Gasteiger partial charge in [-0.2, -0.15) is 0 Å². The number of aliphatic hydroxyl groups is 1. The van der Waals surface area contributed by atoms with E-state index in [0.717, 1.165) is 37.5 Å². The van der Waals surface area contributed by atoms with E-state index in [1.165, 1.54) is 186 Å². The molecule has 0 aromatic heterocycles. The van der Waals surface area contributed by atoms with Crippen LogP contribution in [0.3, 0.4) is 0 Å². The molecule has 2 atom stereocenters. The lowest BCUT2D eigenvalue weighted by Crippen LogP contribution is -2.25. The second-order valence-corrected chi connectivity index (χ2v) is 16.6. The van der Waals surface area contributed by atoms with E-state index in [0.29, 0.717) is 12.8 Å². The molecule has 0 fully saturated rings. The van der Waals surface area contributed by atoms with Crippen LogP contribution in [-0.4, -0.2) is 36.4 Å². The third-order valence-electron chi connectivity index (χ3n) is 10.8. The summed E-state index contributed by atoms with van der Waals surface area (Å²) in [6, 6.07) is 0. The zero-order chi connectivity index (χ0) is 37.5. The van der Waals surface area contributed by atoms with Crippen LogP contribution in [0.1, 0.15) is 252 Å². The van der Waals surface area contributed by atoms with Gasteiger partial charge in [-0.1, -0.05) is 227 Å². The molecule has 0 rings (SSSR count). The van der Waals surface area contributed by atoms with E-state index >= 15 is 0 Å². The Balaban J connectivity index is 3.36. The Morgan fingerprint density at radius 3 is 0.941 bits per heavy atom. The van der Waals surface area contributed by atoms with Crippen molar-refractivity contribution in [2.45, 2.75) is 259 Å². The molecule has 0 aliphatic carbocycles. The molecule has 304 valence electrons. The van der Waals surface area contributed by atoms with Crippen molar-refractivity contribution >= 4 is 11.9 Å². The molecule has 0 aliphatic rings. The van der Waals surface area contributed by atoms with E-state index in [1.54, 1.807) is 0 Å². The predicted molar refractivity (Wildman–Crippen MR) is 219 cm³/mol. The minimum absolute atomic E-state index is 0.108. The Morgan fingerprint density at radius 1 is 0.412 bits per heavy atom. The molecule has 0 saturated carbocycles. The van der Waals surface area contributed by atoms with Gasteiger partial charge in [0.25, 0.3) is 0 Å². The summed E-state index contributed by atoms with van der Waals surface area (Å²) in [5.74, 6) is 1.21. The minimum Gasteiger partial charge on any atom is -0.463 e. The Bertz CT molecular complexity index is 722. The van der Waals surface area contributed by atoms with Crippen LogP contribution in [0.25, 0.3) is 0 Å². The van der Waals surface area contributed by atoms with E-state index in [9.17, 15) is 14.7 Å². The van der Waals surface area contributed by atoms with Gasteiger partial charge < -0.3 is 14.6 Å². The maximum absolute atomic E-state index is 12.0. The van der Waals surface area contributed by atoms with Crippen molar-refractivity contribution in [1.82, 2.24) is 0 Å². The van der Waals surface area contributed by atoms with Gasteiger partial charge in [-0.3, -0.25) is 9.59 Å². The third-order valence-corrected chi connectivity index (χ3v) is 10.8. The van der Waals surface area contributed by atoms with E-state index in [1.807, 2.05) is 0 Å². The van der Waals surface area contributed by atoms with Crippen molar-refractivity contribution in [2.24, 2.45) is 11.8 Å². The number of rotatable bonds is 41. The molecule has 0 aromatic rings. The van der Waals surface area contributed by atoms with Crippen LogP contribution in [0.15, 0.2) is 0 Å². The van der Waals surface area contributed by atoms with Crippen molar-refractivity contribution in [1.29, 1.82) is 0 Å². The molecular weight excluding hydrogens is 633 g/mol. The second-order valence-electron chi connectivity index (χ2n) is 16.6. The molecule has 1 unspecified atom stereocenters. The summed E-state index contributed by atoms with van der Waals surface area (Å²) in [4.78, 5) is 24.0. The third kappa shape index (κ3) is 41.5. The summed E-state index contributed by atoms with van der Waals surface area (Å²) in [5.41, 5.74) is 0. The minimum atomic E-state index is -0.957. The van der Waals surface area contributed by atoms with Crippen LogP contribution in [0, 0.1) is 11.8 Å². The fourth-order valence-electron chi connectivity index (χ4n) is 6.96. The molecule has 0 saturated heterocycles. The molecule has 0 heterocycles. The predicted octanol–water partition coefficient (Wildman–Crippen LogP) is 14.4. The Kier molecular flexibility index (Phi) is 39.2. The fourth-order valence-corrected chi connectivity index (χ4v) is 6.96. The zero-order valence-electron chi connectivity index (χ0n) is 35.0. The van der Waals surface area contributed by atoms with E-state index in [4.69, 9.17) is 9.47 Å². The molecule has 51 heavy (non-hydrogen) atoms. The van der Waals surface area contributed by atoms with Crippen LogP contribution in [0.4, 0.5) is 0 Å². The number of aliphatic hydroxyl groups excluding tert-OH is 1. The van der Waals surface area contributed by atoms with Crippen molar-refractivity contribution < 1.29 is 24.2 Å². The monoisotopic (exact) mass is 723 g/mol. The number of unbranched alkanes of at least 4 members (excludes halogenated alkanes) is 28. The lowest BCUT2D eigenvalue weighted by Gasteiger charge is -2.12. The van der Waals surface area contributed by atoms with Crippen molar-refractivity contribution in [3.8, 4) is 0 Å². The highest BCUT2D eigenvalue weighted by Gasteiger charge is 2.12. The van der Waals surface area contributed by atoms with Gasteiger partial charge >= 0.3 is 11.9 Å². The first-order chi connectivity index (χ1) is 24.8. The Hall–Kier alpha value is -1.10. The number of carbonyl (C=O) groups is 2. The summed E-state index contributed by atoms with van der Waals surface area (Å²) in [6.07, 6.45) is 43.0. The smallest absolute Gasteiger partial charge is 0.305 e. The highest BCUT2D eigenvalue weighted by Crippen LogP contribution is 2.17. The molecule has 0 amide bonds. The number of ether oxygens (including phenoxy) is 2. The highest BCUT2D eigenvalue weighted by molar-refractivity contribution is 5.69. The van der Waals surface area contributed by atoms with Gasteiger partial charge in [0.2, 0.25) is 0 Å². The topological polar surface area (TPSA) is 72.8 Å². The van der Waals surface area contributed by atoms with Gasteiger partial charge in [0.1, 0.15) is 19.3 Å². The maximum atomic E-state index is 12.0. The summed E-state index contributed by atoms with van der Waals surface area (Å²) in [5, 5.41) is 10.1. The summed E-state index contributed by atoms with van der Waals surface area (Å²) in [6.45, 7) is 9.10. The van der Waals surface area contributed by atoms with Crippen molar-refractivity contribution in [2.75, 3.05) is 13.2 Å². The van der Waals surface area contributed by atoms with Crippen molar-refractivity contribution in [3.05, 3.63) is 0 Å². The molecule has 0 aliphatic heterocycles. The summed E-state index contributed by atoms with van der Waals surface area (Å²) in [7, 11) is 0. The van der Waals surface area contributed by atoms with Crippen LogP contribution in [0.2, 0.25) is 0 Å².